The highest BCUT2D eigenvalue weighted by Crippen LogP contribution is 2.25. The van der Waals surface area contributed by atoms with Crippen molar-refractivity contribution in [2.24, 2.45) is 7.05 Å². The first kappa shape index (κ1) is 15.5. The van der Waals surface area contributed by atoms with E-state index in [1.54, 1.807) is 13.4 Å². The number of amides is 1. The summed E-state index contributed by atoms with van der Waals surface area (Å²) in [7, 11) is 3.59. The molecule has 0 bridgehead atoms. The van der Waals surface area contributed by atoms with Crippen molar-refractivity contribution >= 4 is 5.91 Å². The standard InChI is InChI=1S/C17H22N4O2/c1-20-12-18-19-17(20)14-4-3-9-21(11-14)16(22)10-13-5-7-15(23-2)8-6-13/h5-8,12,14H,3-4,9-11H2,1-2H3/t14-/m0/s1. The molecule has 1 saturated heterocycles. The number of ether oxygens (including phenoxy) is 1. The van der Waals surface area contributed by atoms with Crippen LogP contribution >= 0.6 is 0 Å². The molecule has 0 aliphatic carbocycles. The van der Waals surface area contributed by atoms with Gasteiger partial charge in [-0.05, 0) is 30.5 Å². The second-order valence-electron chi connectivity index (χ2n) is 6.00. The van der Waals surface area contributed by atoms with E-state index in [0.717, 1.165) is 43.1 Å². The summed E-state index contributed by atoms with van der Waals surface area (Å²) in [6, 6.07) is 7.67. The maximum absolute atomic E-state index is 12.6. The molecule has 1 atom stereocenters. The largest absolute Gasteiger partial charge is 0.497 e. The molecule has 0 radical (unpaired) electrons. The summed E-state index contributed by atoms with van der Waals surface area (Å²) in [5.74, 6) is 2.21. The third-order valence-electron chi connectivity index (χ3n) is 4.40. The minimum atomic E-state index is 0.169. The van der Waals surface area contributed by atoms with Gasteiger partial charge in [0.2, 0.25) is 5.91 Å². The molecule has 2 heterocycles. The molecule has 23 heavy (non-hydrogen) atoms. The van der Waals surface area contributed by atoms with Crippen LogP contribution in [0.5, 0.6) is 5.75 Å². The summed E-state index contributed by atoms with van der Waals surface area (Å²) in [5.41, 5.74) is 1.01. The number of piperidine rings is 1. The van der Waals surface area contributed by atoms with Crippen molar-refractivity contribution in [1.29, 1.82) is 0 Å². The van der Waals surface area contributed by atoms with Crippen LogP contribution in [0.25, 0.3) is 0 Å². The second kappa shape index (κ2) is 6.81. The molecule has 0 N–H and O–H groups in total. The number of carbonyl (C=O) groups is 1. The van der Waals surface area contributed by atoms with Gasteiger partial charge in [-0.2, -0.15) is 0 Å². The van der Waals surface area contributed by atoms with Crippen molar-refractivity contribution in [3.8, 4) is 5.75 Å². The summed E-state index contributed by atoms with van der Waals surface area (Å²) in [6.07, 6.45) is 4.20. The zero-order valence-corrected chi connectivity index (χ0v) is 13.6. The number of aryl methyl sites for hydroxylation is 1. The number of hydrogen-bond acceptors (Lipinski definition) is 4. The summed E-state index contributed by atoms with van der Waals surface area (Å²) >= 11 is 0. The Morgan fingerprint density at radius 3 is 2.78 bits per heavy atom. The van der Waals surface area contributed by atoms with Gasteiger partial charge in [0.05, 0.1) is 13.5 Å². The lowest BCUT2D eigenvalue weighted by Gasteiger charge is -2.32. The van der Waals surface area contributed by atoms with Gasteiger partial charge in [-0.25, -0.2) is 0 Å². The van der Waals surface area contributed by atoms with Crippen LogP contribution < -0.4 is 4.74 Å². The second-order valence-corrected chi connectivity index (χ2v) is 6.00. The lowest BCUT2D eigenvalue weighted by atomic mass is 9.96. The van der Waals surface area contributed by atoms with Crippen LogP contribution in [0.15, 0.2) is 30.6 Å². The highest BCUT2D eigenvalue weighted by Gasteiger charge is 2.27. The summed E-state index contributed by atoms with van der Waals surface area (Å²) < 4.78 is 7.09. The molecule has 1 aromatic heterocycles. The number of nitrogens with zero attached hydrogens (tertiary/aromatic N) is 4. The Bertz CT molecular complexity index is 665. The zero-order chi connectivity index (χ0) is 16.2. The van der Waals surface area contributed by atoms with Crippen molar-refractivity contribution in [3.05, 3.63) is 42.0 Å². The maximum atomic E-state index is 12.6. The molecule has 0 spiro atoms. The van der Waals surface area contributed by atoms with Gasteiger partial charge < -0.3 is 14.2 Å². The van der Waals surface area contributed by atoms with Gasteiger partial charge in [0.1, 0.15) is 17.9 Å². The Labute approximate surface area is 136 Å². The predicted octanol–water partition coefficient (Wildman–Crippen LogP) is 1.77. The monoisotopic (exact) mass is 314 g/mol. The van der Waals surface area contributed by atoms with Crippen LogP contribution in [-0.4, -0.2) is 45.8 Å². The van der Waals surface area contributed by atoms with Crippen LogP contribution in [0.4, 0.5) is 0 Å². The smallest absolute Gasteiger partial charge is 0.227 e. The minimum Gasteiger partial charge on any atom is -0.497 e. The molecule has 2 aromatic rings. The zero-order valence-electron chi connectivity index (χ0n) is 13.6. The van der Waals surface area contributed by atoms with Crippen molar-refractivity contribution in [3.63, 3.8) is 0 Å². The van der Waals surface area contributed by atoms with Gasteiger partial charge in [0.25, 0.3) is 0 Å². The first-order valence-corrected chi connectivity index (χ1v) is 7.92. The van der Waals surface area contributed by atoms with Gasteiger partial charge in [0.15, 0.2) is 0 Å². The summed E-state index contributed by atoms with van der Waals surface area (Å²) in [6.45, 7) is 1.55. The normalized spacial score (nSPS) is 18.0. The van der Waals surface area contributed by atoms with Crippen molar-refractivity contribution in [2.45, 2.75) is 25.2 Å². The first-order valence-electron chi connectivity index (χ1n) is 7.92. The number of likely N-dealkylation sites (tertiary alicyclic amines) is 1. The van der Waals surface area contributed by atoms with Crippen LogP contribution in [0.1, 0.15) is 30.1 Å². The highest BCUT2D eigenvalue weighted by atomic mass is 16.5. The number of carbonyl (C=O) groups excluding carboxylic acids is 1. The van der Waals surface area contributed by atoms with Crippen LogP contribution in [0.3, 0.4) is 0 Å². The van der Waals surface area contributed by atoms with E-state index in [4.69, 9.17) is 4.74 Å². The molecular formula is C17H22N4O2. The van der Waals surface area contributed by atoms with E-state index in [1.807, 2.05) is 40.8 Å². The van der Waals surface area contributed by atoms with Gasteiger partial charge in [0, 0.05) is 26.1 Å². The molecule has 0 unspecified atom stereocenters. The Morgan fingerprint density at radius 1 is 1.35 bits per heavy atom. The van der Waals surface area contributed by atoms with E-state index in [1.165, 1.54) is 0 Å². The highest BCUT2D eigenvalue weighted by molar-refractivity contribution is 5.79. The van der Waals surface area contributed by atoms with E-state index in [2.05, 4.69) is 10.2 Å². The molecule has 122 valence electrons. The minimum absolute atomic E-state index is 0.169. The van der Waals surface area contributed by atoms with Crippen LogP contribution in [0.2, 0.25) is 0 Å². The average molecular weight is 314 g/mol. The molecule has 1 fully saturated rings. The SMILES string of the molecule is COc1ccc(CC(=O)N2CCC[C@H](c3nncn3C)C2)cc1. The Hall–Kier alpha value is -2.37. The van der Waals surface area contributed by atoms with Crippen LogP contribution in [-0.2, 0) is 18.3 Å². The average Bonchev–Trinajstić information content (AvgIpc) is 3.02. The van der Waals surface area contributed by atoms with E-state index in [9.17, 15) is 4.79 Å². The number of aromatic nitrogens is 3. The Kier molecular flexibility index (Phi) is 4.60. The van der Waals surface area contributed by atoms with Gasteiger partial charge in [-0.15, -0.1) is 10.2 Å². The van der Waals surface area contributed by atoms with E-state index < -0.39 is 0 Å². The third kappa shape index (κ3) is 3.52. The van der Waals surface area contributed by atoms with Gasteiger partial charge in [-0.3, -0.25) is 4.79 Å². The topological polar surface area (TPSA) is 60.2 Å². The maximum Gasteiger partial charge on any atom is 0.227 e. The van der Waals surface area contributed by atoms with E-state index in [-0.39, 0.29) is 11.8 Å². The lowest BCUT2D eigenvalue weighted by Crippen LogP contribution is -2.40. The fraction of sp³-hybridized carbons (Fsp3) is 0.471. The molecule has 3 rings (SSSR count). The molecular weight excluding hydrogens is 292 g/mol. The molecule has 0 saturated carbocycles. The van der Waals surface area contributed by atoms with Crippen molar-refractivity contribution < 1.29 is 9.53 Å². The number of rotatable bonds is 4. The quantitative estimate of drug-likeness (QED) is 0.863. The molecule has 1 aliphatic rings. The number of hydrogen-bond donors (Lipinski definition) is 0. The Morgan fingerprint density at radius 2 is 2.13 bits per heavy atom. The molecule has 1 aliphatic heterocycles. The van der Waals surface area contributed by atoms with E-state index >= 15 is 0 Å². The molecule has 1 aromatic carbocycles. The Balaban J connectivity index is 1.63. The van der Waals surface area contributed by atoms with Crippen molar-refractivity contribution in [1.82, 2.24) is 19.7 Å². The first-order chi connectivity index (χ1) is 11.2. The fourth-order valence-electron chi connectivity index (χ4n) is 3.11. The van der Waals surface area contributed by atoms with Crippen LogP contribution in [0, 0.1) is 0 Å². The number of benzene rings is 1. The molecule has 6 heteroatoms. The number of methoxy groups -OCH3 is 1. The van der Waals surface area contributed by atoms with E-state index in [0.29, 0.717) is 6.42 Å². The van der Waals surface area contributed by atoms with Gasteiger partial charge >= 0.3 is 0 Å². The lowest BCUT2D eigenvalue weighted by molar-refractivity contribution is -0.131. The predicted molar refractivity (Wildman–Crippen MR) is 86.3 cm³/mol. The van der Waals surface area contributed by atoms with Crippen molar-refractivity contribution in [2.75, 3.05) is 20.2 Å². The molecule has 1 amide bonds. The summed E-state index contributed by atoms with van der Waals surface area (Å²) in [5, 5.41) is 8.15. The summed E-state index contributed by atoms with van der Waals surface area (Å²) in [4.78, 5) is 14.5. The van der Waals surface area contributed by atoms with Gasteiger partial charge in [-0.1, -0.05) is 12.1 Å². The third-order valence-corrected chi connectivity index (χ3v) is 4.40. The fourth-order valence-corrected chi connectivity index (χ4v) is 3.11. The molecule has 6 nitrogen and oxygen atoms in total.